The molecule has 1 atom stereocenters. The van der Waals surface area contributed by atoms with Crippen LogP contribution in [-0.2, 0) is 0 Å². The van der Waals surface area contributed by atoms with E-state index >= 15 is 0 Å². The Balaban J connectivity index is 2.05. The van der Waals surface area contributed by atoms with Gasteiger partial charge in [0.2, 0.25) is 0 Å². The predicted octanol–water partition coefficient (Wildman–Crippen LogP) is 2.07. The lowest BCUT2D eigenvalue weighted by Gasteiger charge is -2.24. The predicted molar refractivity (Wildman–Crippen MR) is 58.4 cm³/mol. The van der Waals surface area contributed by atoms with Crippen LogP contribution in [0.1, 0.15) is 19.3 Å². The van der Waals surface area contributed by atoms with Gasteiger partial charge in [0.15, 0.2) is 0 Å². The molecule has 0 aliphatic carbocycles. The molecule has 1 aliphatic rings. The molecule has 1 aliphatic heterocycles. The Morgan fingerprint density at radius 1 is 1.62 bits per heavy atom. The molecule has 0 aromatic carbocycles. The fraction of sp³-hybridized carbons (Fsp3) is 0.600. The van der Waals surface area contributed by atoms with Crippen LogP contribution in [0.2, 0.25) is 0 Å². The van der Waals surface area contributed by atoms with E-state index in [9.17, 15) is 0 Å². The number of nitrogens with two attached hydrogens (primary N) is 1. The summed E-state index contributed by atoms with van der Waals surface area (Å²) in [5, 5.41) is 3.56. The van der Waals surface area contributed by atoms with Crippen LogP contribution in [0, 0.1) is 0 Å². The first-order chi connectivity index (χ1) is 6.42. The summed E-state index contributed by atoms with van der Waals surface area (Å²) in [6, 6.07) is 5.03. The molecule has 2 N–H and O–H groups in total. The lowest BCUT2D eigenvalue weighted by molar-refractivity contribution is 0.621. The highest BCUT2D eigenvalue weighted by Gasteiger charge is 2.24. The van der Waals surface area contributed by atoms with Crippen molar-refractivity contribution in [2.75, 3.05) is 18.0 Å². The van der Waals surface area contributed by atoms with Gasteiger partial charge in [-0.2, -0.15) is 0 Å². The van der Waals surface area contributed by atoms with E-state index in [0.717, 1.165) is 13.0 Å². The van der Waals surface area contributed by atoms with Crippen LogP contribution >= 0.6 is 11.3 Å². The highest BCUT2D eigenvalue weighted by atomic mass is 32.1. The van der Waals surface area contributed by atoms with Gasteiger partial charge in [-0.05, 0) is 43.3 Å². The molecule has 3 heteroatoms. The van der Waals surface area contributed by atoms with Crippen LogP contribution < -0.4 is 10.6 Å². The van der Waals surface area contributed by atoms with Gasteiger partial charge in [0.25, 0.3) is 0 Å². The number of thiophene rings is 1. The maximum atomic E-state index is 5.60. The van der Waals surface area contributed by atoms with Gasteiger partial charge in [-0.25, -0.2) is 0 Å². The largest absolute Gasteiger partial charge is 0.360 e. The molecule has 1 aromatic heterocycles. The molecule has 2 rings (SSSR count). The van der Waals surface area contributed by atoms with Crippen molar-refractivity contribution in [3.05, 3.63) is 17.5 Å². The summed E-state index contributed by atoms with van der Waals surface area (Å²) in [4.78, 5) is 2.51. The highest BCUT2D eigenvalue weighted by molar-refractivity contribution is 7.14. The van der Waals surface area contributed by atoms with Gasteiger partial charge < -0.3 is 10.6 Å². The van der Waals surface area contributed by atoms with Crippen molar-refractivity contribution in [2.24, 2.45) is 5.73 Å². The van der Waals surface area contributed by atoms with E-state index in [2.05, 4.69) is 22.4 Å². The van der Waals surface area contributed by atoms with Crippen molar-refractivity contribution in [3.63, 3.8) is 0 Å². The summed E-state index contributed by atoms with van der Waals surface area (Å²) in [5.74, 6) is 0. The van der Waals surface area contributed by atoms with E-state index in [1.165, 1.54) is 24.4 Å². The second-order valence-corrected chi connectivity index (χ2v) is 4.44. The number of rotatable bonds is 3. The van der Waals surface area contributed by atoms with Gasteiger partial charge in [0, 0.05) is 12.6 Å². The number of anilines is 1. The SMILES string of the molecule is NCCC1CCCN1c1cccs1. The van der Waals surface area contributed by atoms with Gasteiger partial charge in [0.1, 0.15) is 0 Å². The van der Waals surface area contributed by atoms with E-state index in [4.69, 9.17) is 5.73 Å². The molecule has 72 valence electrons. The summed E-state index contributed by atoms with van der Waals surface area (Å²) in [5.41, 5.74) is 5.60. The molecule has 2 nitrogen and oxygen atoms in total. The summed E-state index contributed by atoms with van der Waals surface area (Å²) >= 11 is 1.83. The van der Waals surface area contributed by atoms with Crippen molar-refractivity contribution in [3.8, 4) is 0 Å². The van der Waals surface area contributed by atoms with Crippen LogP contribution in [-0.4, -0.2) is 19.1 Å². The molecule has 1 aromatic rings. The molecule has 1 fully saturated rings. The minimum atomic E-state index is 0.698. The van der Waals surface area contributed by atoms with Gasteiger partial charge in [0.05, 0.1) is 5.00 Å². The van der Waals surface area contributed by atoms with E-state index in [0.29, 0.717) is 6.04 Å². The van der Waals surface area contributed by atoms with Gasteiger partial charge >= 0.3 is 0 Å². The average molecular weight is 196 g/mol. The second-order valence-electron chi connectivity index (χ2n) is 3.52. The zero-order valence-corrected chi connectivity index (χ0v) is 8.59. The molecule has 0 spiro atoms. The third-order valence-corrected chi connectivity index (χ3v) is 3.57. The summed E-state index contributed by atoms with van der Waals surface area (Å²) in [6.07, 6.45) is 3.77. The Kier molecular flexibility index (Phi) is 2.86. The molecule has 1 unspecified atom stereocenters. The van der Waals surface area contributed by atoms with Crippen LogP contribution in [0.3, 0.4) is 0 Å². The van der Waals surface area contributed by atoms with Crippen molar-refractivity contribution in [1.82, 2.24) is 0 Å². The third-order valence-electron chi connectivity index (χ3n) is 2.67. The standard InChI is InChI=1S/C10H16N2S/c11-6-5-9-3-1-7-12(9)10-4-2-8-13-10/h2,4,8-9H,1,3,5-7,11H2. The summed E-state index contributed by atoms with van der Waals surface area (Å²) in [6.45, 7) is 2.03. The molecular formula is C10H16N2S. The van der Waals surface area contributed by atoms with Gasteiger partial charge in [-0.3, -0.25) is 0 Å². The monoisotopic (exact) mass is 196 g/mol. The summed E-state index contributed by atoms with van der Waals surface area (Å²) < 4.78 is 0. The van der Waals surface area contributed by atoms with Crippen molar-refractivity contribution in [2.45, 2.75) is 25.3 Å². The zero-order valence-electron chi connectivity index (χ0n) is 7.78. The van der Waals surface area contributed by atoms with Gasteiger partial charge in [-0.1, -0.05) is 0 Å². The van der Waals surface area contributed by atoms with Gasteiger partial charge in [-0.15, -0.1) is 11.3 Å². The topological polar surface area (TPSA) is 29.3 Å². The maximum absolute atomic E-state index is 5.60. The molecule has 0 amide bonds. The maximum Gasteiger partial charge on any atom is 0.0910 e. The Bertz CT molecular complexity index is 245. The molecule has 0 radical (unpaired) electrons. The number of nitrogens with zero attached hydrogens (tertiary/aromatic N) is 1. The quantitative estimate of drug-likeness (QED) is 0.802. The van der Waals surface area contributed by atoms with Crippen LogP contribution in [0.25, 0.3) is 0 Å². The minimum absolute atomic E-state index is 0.698. The molecular weight excluding hydrogens is 180 g/mol. The molecule has 2 heterocycles. The first kappa shape index (κ1) is 9.03. The fourth-order valence-corrected chi connectivity index (χ4v) is 2.88. The normalized spacial score (nSPS) is 22.5. The average Bonchev–Trinajstić information content (AvgIpc) is 2.71. The number of hydrogen-bond acceptors (Lipinski definition) is 3. The molecule has 0 bridgehead atoms. The second kappa shape index (κ2) is 4.11. The molecule has 13 heavy (non-hydrogen) atoms. The minimum Gasteiger partial charge on any atom is -0.360 e. The van der Waals surface area contributed by atoms with Crippen LogP contribution in [0.5, 0.6) is 0 Å². The Labute approximate surface area is 83.4 Å². The van der Waals surface area contributed by atoms with Crippen molar-refractivity contribution >= 4 is 16.3 Å². The zero-order chi connectivity index (χ0) is 9.10. The summed E-state index contributed by atoms with van der Waals surface area (Å²) in [7, 11) is 0. The Morgan fingerprint density at radius 2 is 2.54 bits per heavy atom. The van der Waals surface area contributed by atoms with Crippen LogP contribution in [0.15, 0.2) is 17.5 Å². The third kappa shape index (κ3) is 1.86. The van der Waals surface area contributed by atoms with Crippen LogP contribution in [0.4, 0.5) is 5.00 Å². The van der Waals surface area contributed by atoms with E-state index < -0.39 is 0 Å². The van der Waals surface area contributed by atoms with E-state index in [1.807, 2.05) is 11.3 Å². The molecule has 1 saturated heterocycles. The van der Waals surface area contributed by atoms with E-state index in [-0.39, 0.29) is 0 Å². The Hall–Kier alpha value is -0.540. The Morgan fingerprint density at radius 3 is 3.23 bits per heavy atom. The van der Waals surface area contributed by atoms with Crippen molar-refractivity contribution < 1.29 is 0 Å². The highest BCUT2D eigenvalue weighted by Crippen LogP contribution is 2.30. The first-order valence-electron chi connectivity index (χ1n) is 4.92. The molecule has 0 saturated carbocycles. The lowest BCUT2D eigenvalue weighted by atomic mass is 10.1. The van der Waals surface area contributed by atoms with E-state index in [1.54, 1.807) is 0 Å². The fourth-order valence-electron chi connectivity index (χ4n) is 2.05. The lowest BCUT2D eigenvalue weighted by Crippen LogP contribution is -2.30. The smallest absolute Gasteiger partial charge is 0.0910 e. The van der Waals surface area contributed by atoms with Crippen molar-refractivity contribution in [1.29, 1.82) is 0 Å². The number of hydrogen-bond donors (Lipinski definition) is 1. The first-order valence-corrected chi connectivity index (χ1v) is 5.80.